The Hall–Kier alpha value is -3.30. The van der Waals surface area contributed by atoms with E-state index in [1.54, 1.807) is 6.07 Å². The molecule has 150 valence electrons. The average molecular weight is 399 g/mol. The van der Waals surface area contributed by atoms with Crippen LogP contribution in [-0.2, 0) is 0 Å². The summed E-state index contributed by atoms with van der Waals surface area (Å²) in [5, 5.41) is 7.37. The van der Waals surface area contributed by atoms with Crippen molar-refractivity contribution in [1.29, 1.82) is 0 Å². The monoisotopic (exact) mass is 399 g/mol. The number of benzene rings is 2. The number of alkyl halides is 3. The fraction of sp³-hybridized carbons (Fsp3) is 0.222. The number of anilines is 1. The van der Waals surface area contributed by atoms with Gasteiger partial charge in [0.25, 0.3) is 5.91 Å². The molecule has 0 saturated carbocycles. The van der Waals surface area contributed by atoms with Gasteiger partial charge in [0.05, 0.1) is 5.56 Å². The van der Waals surface area contributed by atoms with Crippen LogP contribution in [0.3, 0.4) is 0 Å². The summed E-state index contributed by atoms with van der Waals surface area (Å²) in [5.41, 5.74) is 0.0428. The number of rotatable bonds is 7. The zero-order valence-electron chi connectivity index (χ0n) is 14.5. The molecule has 10 heteroatoms. The molecule has 0 aliphatic heterocycles. The largest absolute Gasteiger partial charge is 0.573 e. The molecular weight excluding hydrogens is 382 g/mol. The summed E-state index contributed by atoms with van der Waals surface area (Å²) in [7, 11) is 0. The van der Waals surface area contributed by atoms with Gasteiger partial charge in [-0.1, -0.05) is 18.2 Å². The summed E-state index contributed by atoms with van der Waals surface area (Å²) in [6.07, 6.45) is -4.46. The second-order valence-electron chi connectivity index (χ2n) is 5.55. The van der Waals surface area contributed by atoms with Crippen molar-refractivity contribution in [1.82, 2.24) is 10.6 Å². The molecule has 0 atom stereocenters. The minimum absolute atomic E-state index is 0.0749. The first-order valence-corrected chi connectivity index (χ1v) is 8.18. The van der Waals surface area contributed by atoms with Gasteiger partial charge >= 0.3 is 12.4 Å². The van der Waals surface area contributed by atoms with Gasteiger partial charge < -0.3 is 20.7 Å². The van der Waals surface area contributed by atoms with Gasteiger partial charge in [0.2, 0.25) is 0 Å². The molecular formula is C18H17F4N3O3. The lowest BCUT2D eigenvalue weighted by Crippen LogP contribution is -2.32. The van der Waals surface area contributed by atoms with Crippen molar-refractivity contribution < 1.29 is 31.9 Å². The Bertz CT molecular complexity index is 828. The highest BCUT2D eigenvalue weighted by Crippen LogP contribution is 2.24. The Kier molecular flexibility index (Phi) is 7.19. The molecule has 0 bridgehead atoms. The molecule has 0 aromatic heterocycles. The molecule has 0 fully saturated rings. The molecule has 2 aromatic carbocycles. The van der Waals surface area contributed by atoms with Gasteiger partial charge in [0, 0.05) is 24.8 Å². The molecule has 28 heavy (non-hydrogen) atoms. The molecule has 0 aliphatic rings. The summed E-state index contributed by atoms with van der Waals surface area (Å²) < 4.78 is 53.8. The molecule has 0 saturated heterocycles. The SMILES string of the molecule is O=C(NCCCNC(=O)c1ccccc1F)Nc1cccc(OC(F)(F)F)c1. The van der Waals surface area contributed by atoms with E-state index in [4.69, 9.17) is 0 Å². The molecule has 2 rings (SSSR count). The molecule has 6 nitrogen and oxygen atoms in total. The van der Waals surface area contributed by atoms with Crippen LogP contribution in [0, 0.1) is 5.82 Å². The van der Waals surface area contributed by atoms with E-state index in [0.717, 1.165) is 12.1 Å². The van der Waals surface area contributed by atoms with Crippen LogP contribution in [0.25, 0.3) is 0 Å². The summed E-state index contributed by atoms with van der Waals surface area (Å²) in [6.45, 7) is 0.379. The maximum atomic E-state index is 13.5. The first-order chi connectivity index (χ1) is 13.2. The van der Waals surface area contributed by atoms with Crippen molar-refractivity contribution in [2.75, 3.05) is 18.4 Å². The van der Waals surface area contributed by atoms with Crippen LogP contribution in [0.5, 0.6) is 5.75 Å². The summed E-state index contributed by atoms with van der Waals surface area (Å²) in [4.78, 5) is 23.5. The van der Waals surface area contributed by atoms with E-state index in [0.29, 0.717) is 6.42 Å². The molecule has 0 heterocycles. The first kappa shape index (κ1) is 21.0. The average Bonchev–Trinajstić information content (AvgIpc) is 2.60. The highest BCUT2D eigenvalue weighted by Gasteiger charge is 2.31. The number of nitrogens with one attached hydrogen (secondary N) is 3. The highest BCUT2D eigenvalue weighted by atomic mass is 19.4. The first-order valence-electron chi connectivity index (χ1n) is 8.18. The second-order valence-corrected chi connectivity index (χ2v) is 5.55. The lowest BCUT2D eigenvalue weighted by Gasteiger charge is -2.11. The molecule has 2 aromatic rings. The predicted molar refractivity (Wildman–Crippen MR) is 93.5 cm³/mol. The Morgan fingerprint density at radius 1 is 0.964 bits per heavy atom. The van der Waals surface area contributed by atoms with Crippen LogP contribution in [-0.4, -0.2) is 31.4 Å². The molecule has 0 spiro atoms. The highest BCUT2D eigenvalue weighted by molar-refractivity contribution is 5.94. The van der Waals surface area contributed by atoms with Crippen molar-refractivity contribution >= 4 is 17.6 Å². The van der Waals surface area contributed by atoms with E-state index < -0.39 is 29.9 Å². The Morgan fingerprint density at radius 3 is 2.39 bits per heavy atom. The minimum Gasteiger partial charge on any atom is -0.406 e. The van der Waals surface area contributed by atoms with Crippen molar-refractivity contribution in [2.45, 2.75) is 12.8 Å². The third kappa shape index (κ3) is 7.14. The summed E-state index contributed by atoms with van der Waals surface area (Å²) in [6, 6.07) is 9.74. The quantitative estimate of drug-likeness (QED) is 0.491. The van der Waals surface area contributed by atoms with Crippen LogP contribution in [0.4, 0.5) is 28.0 Å². The van der Waals surface area contributed by atoms with E-state index in [2.05, 4.69) is 20.7 Å². The van der Waals surface area contributed by atoms with E-state index >= 15 is 0 Å². The number of urea groups is 1. The zero-order chi connectivity index (χ0) is 20.6. The summed E-state index contributed by atoms with van der Waals surface area (Å²) in [5.74, 6) is -1.65. The van der Waals surface area contributed by atoms with Gasteiger partial charge in [0.15, 0.2) is 0 Å². The zero-order valence-corrected chi connectivity index (χ0v) is 14.5. The van der Waals surface area contributed by atoms with Crippen LogP contribution >= 0.6 is 0 Å². The molecule has 0 aliphatic carbocycles. The van der Waals surface area contributed by atoms with Gasteiger partial charge in [-0.05, 0) is 30.7 Å². The van der Waals surface area contributed by atoms with Crippen LogP contribution in [0.15, 0.2) is 48.5 Å². The Labute approximate surface area is 157 Å². The third-order valence-electron chi connectivity index (χ3n) is 3.37. The topological polar surface area (TPSA) is 79.5 Å². The van der Waals surface area contributed by atoms with E-state index in [1.165, 1.54) is 30.3 Å². The molecule has 0 unspecified atom stereocenters. The van der Waals surface area contributed by atoms with E-state index in [1.807, 2.05) is 0 Å². The van der Waals surface area contributed by atoms with Crippen molar-refractivity contribution in [3.8, 4) is 5.75 Å². The summed E-state index contributed by atoms with van der Waals surface area (Å²) >= 11 is 0. The number of halogens is 4. The number of hydrogen-bond donors (Lipinski definition) is 3. The maximum Gasteiger partial charge on any atom is 0.573 e. The fourth-order valence-corrected chi connectivity index (χ4v) is 2.18. The van der Waals surface area contributed by atoms with Gasteiger partial charge in [0.1, 0.15) is 11.6 Å². The molecule has 3 N–H and O–H groups in total. The standard InChI is InChI=1S/C18H17F4N3O3/c19-15-8-2-1-7-14(15)16(26)23-9-4-10-24-17(27)25-12-5-3-6-13(11-12)28-18(20,21)22/h1-3,5-8,11H,4,9-10H2,(H,23,26)(H2,24,25,27). The minimum atomic E-state index is -4.83. The van der Waals surface area contributed by atoms with Crippen molar-refractivity contribution in [3.63, 3.8) is 0 Å². The number of carbonyl (C=O) groups is 2. The number of hydrogen-bond acceptors (Lipinski definition) is 3. The van der Waals surface area contributed by atoms with Gasteiger partial charge in [-0.2, -0.15) is 0 Å². The maximum absolute atomic E-state index is 13.5. The molecule has 3 amide bonds. The Morgan fingerprint density at radius 2 is 1.68 bits per heavy atom. The van der Waals surface area contributed by atoms with E-state index in [9.17, 15) is 27.2 Å². The lowest BCUT2D eigenvalue weighted by molar-refractivity contribution is -0.274. The lowest BCUT2D eigenvalue weighted by atomic mass is 10.2. The number of ether oxygens (including phenoxy) is 1. The van der Waals surface area contributed by atoms with Crippen LogP contribution < -0.4 is 20.7 Å². The van der Waals surface area contributed by atoms with Gasteiger partial charge in [-0.15, -0.1) is 13.2 Å². The smallest absolute Gasteiger partial charge is 0.406 e. The number of carbonyl (C=O) groups excluding carboxylic acids is 2. The van der Waals surface area contributed by atoms with Crippen molar-refractivity contribution in [2.24, 2.45) is 0 Å². The van der Waals surface area contributed by atoms with Crippen LogP contribution in [0.1, 0.15) is 16.8 Å². The number of amides is 3. The predicted octanol–water partition coefficient (Wildman–Crippen LogP) is 3.67. The fourth-order valence-electron chi connectivity index (χ4n) is 2.18. The van der Waals surface area contributed by atoms with Gasteiger partial charge in [-0.3, -0.25) is 4.79 Å². The van der Waals surface area contributed by atoms with Crippen LogP contribution in [0.2, 0.25) is 0 Å². The second kappa shape index (κ2) is 9.58. The van der Waals surface area contributed by atoms with Crippen molar-refractivity contribution in [3.05, 3.63) is 59.9 Å². The Balaban J connectivity index is 1.70. The van der Waals surface area contributed by atoms with E-state index in [-0.39, 0.29) is 24.3 Å². The normalized spacial score (nSPS) is 10.9. The van der Waals surface area contributed by atoms with Gasteiger partial charge in [-0.25, -0.2) is 9.18 Å². The third-order valence-corrected chi connectivity index (χ3v) is 3.37. The molecule has 0 radical (unpaired) electrons.